The highest BCUT2D eigenvalue weighted by Crippen LogP contribution is 2.32. The van der Waals surface area contributed by atoms with Gasteiger partial charge in [-0.15, -0.1) is 0 Å². The molecule has 2 rings (SSSR count). The Morgan fingerprint density at radius 2 is 2.25 bits per heavy atom. The van der Waals surface area contributed by atoms with Gasteiger partial charge in [-0.1, -0.05) is 5.16 Å². The van der Waals surface area contributed by atoms with Crippen LogP contribution >= 0.6 is 0 Å². The molecule has 2 unspecified atom stereocenters. The predicted molar refractivity (Wildman–Crippen MR) is 57.4 cm³/mol. The molecule has 0 radical (unpaired) electrons. The lowest BCUT2D eigenvalue weighted by Gasteiger charge is -2.01. The average Bonchev–Trinajstić information content (AvgIpc) is 2.71. The summed E-state index contributed by atoms with van der Waals surface area (Å²) in [5.74, 6) is 0.773. The molecule has 0 saturated heterocycles. The van der Waals surface area contributed by atoms with Gasteiger partial charge in [0.15, 0.2) is 15.7 Å². The Bertz CT molecular complexity index is 468. The van der Waals surface area contributed by atoms with Crippen molar-refractivity contribution in [2.24, 2.45) is 5.73 Å². The van der Waals surface area contributed by atoms with E-state index in [1.807, 2.05) is 0 Å². The quantitative estimate of drug-likeness (QED) is 0.817. The predicted octanol–water partition coefficient (Wildman–Crippen LogP) is 0.209. The zero-order valence-corrected chi connectivity index (χ0v) is 9.90. The van der Waals surface area contributed by atoms with Gasteiger partial charge >= 0.3 is 0 Å². The van der Waals surface area contributed by atoms with E-state index < -0.39 is 9.84 Å². The fourth-order valence-corrected chi connectivity index (χ4v) is 2.55. The first kappa shape index (κ1) is 11.5. The third kappa shape index (κ3) is 2.79. The molecule has 7 heteroatoms. The summed E-state index contributed by atoms with van der Waals surface area (Å²) >= 11 is 0. The van der Waals surface area contributed by atoms with Crippen molar-refractivity contribution < 1.29 is 12.9 Å². The van der Waals surface area contributed by atoms with Crippen LogP contribution in [0.3, 0.4) is 0 Å². The van der Waals surface area contributed by atoms with Crippen molar-refractivity contribution in [2.45, 2.75) is 37.0 Å². The van der Waals surface area contributed by atoms with Gasteiger partial charge in [-0.25, -0.2) is 8.42 Å². The number of nitrogens with two attached hydrogens (primary N) is 1. The minimum Gasteiger partial charge on any atom is -0.339 e. The maximum Gasteiger partial charge on any atom is 0.229 e. The van der Waals surface area contributed by atoms with Crippen molar-refractivity contribution in [1.82, 2.24) is 10.1 Å². The smallest absolute Gasteiger partial charge is 0.229 e. The number of rotatable bonds is 3. The van der Waals surface area contributed by atoms with Gasteiger partial charge in [0.1, 0.15) is 5.75 Å². The van der Waals surface area contributed by atoms with Gasteiger partial charge in [-0.05, 0) is 19.3 Å². The van der Waals surface area contributed by atoms with Gasteiger partial charge in [-0.2, -0.15) is 4.98 Å². The van der Waals surface area contributed by atoms with Gasteiger partial charge in [-0.3, -0.25) is 0 Å². The molecule has 0 spiro atoms. The van der Waals surface area contributed by atoms with Crippen LogP contribution in [-0.4, -0.2) is 30.9 Å². The number of nitrogens with zero attached hydrogens (tertiary/aromatic N) is 2. The second-order valence-corrected chi connectivity index (χ2v) is 6.53. The lowest BCUT2D eigenvalue weighted by atomic mass is 10.1. The first-order valence-corrected chi connectivity index (χ1v) is 7.26. The molecule has 1 aromatic heterocycles. The van der Waals surface area contributed by atoms with Crippen LogP contribution in [-0.2, 0) is 15.6 Å². The molecular formula is C9H15N3O3S. The summed E-state index contributed by atoms with van der Waals surface area (Å²) in [7, 11) is -3.11. The van der Waals surface area contributed by atoms with Crippen molar-refractivity contribution in [2.75, 3.05) is 6.26 Å². The molecule has 0 aliphatic heterocycles. The Labute approximate surface area is 94.1 Å². The van der Waals surface area contributed by atoms with Crippen LogP contribution in [0, 0.1) is 0 Å². The molecule has 1 aliphatic carbocycles. The first-order valence-electron chi connectivity index (χ1n) is 5.20. The van der Waals surface area contributed by atoms with Crippen LogP contribution in [0.5, 0.6) is 0 Å². The topological polar surface area (TPSA) is 99.1 Å². The molecule has 90 valence electrons. The van der Waals surface area contributed by atoms with Gasteiger partial charge in [0.25, 0.3) is 0 Å². The van der Waals surface area contributed by atoms with Gasteiger partial charge in [0.05, 0.1) is 0 Å². The van der Waals surface area contributed by atoms with Crippen LogP contribution in [0.25, 0.3) is 0 Å². The van der Waals surface area contributed by atoms with E-state index in [1.165, 1.54) is 0 Å². The van der Waals surface area contributed by atoms with Gasteiger partial charge in [0.2, 0.25) is 5.89 Å². The van der Waals surface area contributed by atoms with E-state index in [9.17, 15) is 8.42 Å². The summed E-state index contributed by atoms with van der Waals surface area (Å²) in [5.41, 5.74) is 5.79. The summed E-state index contributed by atoms with van der Waals surface area (Å²) in [5, 5.41) is 3.67. The summed E-state index contributed by atoms with van der Waals surface area (Å²) in [4.78, 5) is 4.10. The molecule has 16 heavy (non-hydrogen) atoms. The standard InChI is InChI=1S/C9H15N3O3S/c1-16(13,14)5-8-11-9(15-12-8)6-2-3-7(10)4-6/h6-7H,2-5,10H2,1H3. The second-order valence-electron chi connectivity index (χ2n) is 4.39. The highest BCUT2D eigenvalue weighted by atomic mass is 32.2. The molecular weight excluding hydrogens is 230 g/mol. The van der Waals surface area contributed by atoms with E-state index in [0.29, 0.717) is 5.89 Å². The molecule has 1 heterocycles. The first-order chi connectivity index (χ1) is 7.44. The van der Waals surface area contributed by atoms with Crippen molar-refractivity contribution in [1.29, 1.82) is 0 Å². The fourth-order valence-electron chi connectivity index (χ4n) is 1.97. The number of aromatic nitrogens is 2. The highest BCUT2D eigenvalue weighted by Gasteiger charge is 2.28. The summed E-state index contributed by atoms with van der Waals surface area (Å²) in [6.45, 7) is 0. The van der Waals surface area contributed by atoms with E-state index >= 15 is 0 Å². The van der Waals surface area contributed by atoms with Gasteiger partial charge < -0.3 is 10.3 Å². The van der Waals surface area contributed by atoms with E-state index in [0.717, 1.165) is 25.5 Å². The van der Waals surface area contributed by atoms with Crippen LogP contribution in [0.1, 0.15) is 36.9 Å². The molecule has 6 nitrogen and oxygen atoms in total. The van der Waals surface area contributed by atoms with Crippen molar-refractivity contribution in [3.05, 3.63) is 11.7 Å². The second kappa shape index (κ2) is 4.14. The van der Waals surface area contributed by atoms with Crippen LogP contribution in [0.2, 0.25) is 0 Å². The third-order valence-corrected chi connectivity index (χ3v) is 3.48. The Kier molecular flexibility index (Phi) is 2.98. The lowest BCUT2D eigenvalue weighted by molar-refractivity contribution is 0.350. The molecule has 1 saturated carbocycles. The molecule has 0 amide bonds. The third-order valence-electron chi connectivity index (χ3n) is 2.70. The molecule has 1 aliphatic rings. The van der Waals surface area contributed by atoms with Crippen LogP contribution in [0.15, 0.2) is 4.52 Å². The minimum absolute atomic E-state index is 0.171. The fraction of sp³-hybridized carbons (Fsp3) is 0.778. The molecule has 0 bridgehead atoms. The van der Waals surface area contributed by atoms with Crippen molar-refractivity contribution in [3.8, 4) is 0 Å². The van der Waals surface area contributed by atoms with E-state index in [2.05, 4.69) is 10.1 Å². The van der Waals surface area contributed by atoms with E-state index in [4.69, 9.17) is 10.3 Å². The molecule has 2 atom stereocenters. The van der Waals surface area contributed by atoms with Crippen molar-refractivity contribution >= 4 is 9.84 Å². The largest absolute Gasteiger partial charge is 0.339 e. The Morgan fingerprint density at radius 3 is 2.81 bits per heavy atom. The molecule has 1 aromatic rings. The number of hydrogen-bond donors (Lipinski definition) is 1. The zero-order chi connectivity index (χ0) is 11.8. The average molecular weight is 245 g/mol. The van der Waals surface area contributed by atoms with E-state index in [-0.39, 0.29) is 23.5 Å². The monoisotopic (exact) mass is 245 g/mol. The summed E-state index contributed by atoms with van der Waals surface area (Å²) in [6, 6.07) is 0.190. The van der Waals surface area contributed by atoms with Crippen LogP contribution < -0.4 is 5.73 Å². The normalized spacial score (nSPS) is 26.1. The highest BCUT2D eigenvalue weighted by molar-refractivity contribution is 7.89. The lowest BCUT2D eigenvalue weighted by Crippen LogP contribution is -2.14. The number of hydrogen-bond acceptors (Lipinski definition) is 6. The Balaban J connectivity index is 2.08. The molecule has 2 N–H and O–H groups in total. The van der Waals surface area contributed by atoms with Crippen molar-refractivity contribution in [3.63, 3.8) is 0 Å². The Morgan fingerprint density at radius 1 is 1.50 bits per heavy atom. The zero-order valence-electron chi connectivity index (χ0n) is 9.09. The number of sulfone groups is 1. The molecule has 1 fully saturated rings. The van der Waals surface area contributed by atoms with Crippen LogP contribution in [0.4, 0.5) is 0 Å². The summed E-state index contributed by atoms with van der Waals surface area (Å²) in [6.07, 6.45) is 3.87. The maximum absolute atomic E-state index is 11.0. The minimum atomic E-state index is -3.11. The van der Waals surface area contributed by atoms with E-state index in [1.54, 1.807) is 0 Å². The SMILES string of the molecule is CS(=O)(=O)Cc1noc(C2CCC(N)C2)n1. The summed E-state index contributed by atoms with van der Waals surface area (Å²) < 4.78 is 27.1. The molecule has 0 aromatic carbocycles. The van der Waals surface area contributed by atoms with Gasteiger partial charge in [0, 0.05) is 18.2 Å². The maximum atomic E-state index is 11.0. The Hall–Kier alpha value is -0.950.